The van der Waals surface area contributed by atoms with E-state index in [1.54, 1.807) is 0 Å². The molecule has 0 unspecified atom stereocenters. The van der Waals surface area contributed by atoms with E-state index in [9.17, 15) is 56.8 Å². The van der Waals surface area contributed by atoms with Crippen LogP contribution in [0.4, 0.5) is 22.0 Å². The highest BCUT2D eigenvalue weighted by molar-refractivity contribution is 5.97. The maximum Gasteiger partial charge on any atom is 0.349 e. The van der Waals surface area contributed by atoms with E-state index in [4.69, 9.17) is 13.9 Å². The zero-order valence-corrected chi connectivity index (χ0v) is 20.9. The predicted octanol–water partition coefficient (Wildman–Crippen LogP) is -0.173. The molecular formula is C25H21F5N2O10. The van der Waals surface area contributed by atoms with Crippen LogP contribution in [0.3, 0.4) is 0 Å². The molecule has 1 saturated heterocycles. The van der Waals surface area contributed by atoms with Crippen LogP contribution in [0.1, 0.15) is 20.7 Å². The van der Waals surface area contributed by atoms with Gasteiger partial charge in [-0.05, 0) is 18.2 Å². The first-order chi connectivity index (χ1) is 19.8. The topological polar surface area (TPSA) is 188 Å². The van der Waals surface area contributed by atoms with Crippen molar-refractivity contribution in [3.63, 3.8) is 0 Å². The molecule has 1 fully saturated rings. The van der Waals surface area contributed by atoms with E-state index in [1.807, 2.05) is 5.32 Å². The third-order valence-electron chi connectivity index (χ3n) is 6.19. The standard InChI is InChI=1S/C25H21F5N2O10/c26-14-13(15(27)17(29)18(30)16(14)28)23(38)32-4-3-31-22(37)10-5-8-1-2-9(6-11(8)41-24(10)39)40-25-21(36)20(35)19(34)12(7-33)42-25/h1-2,5-6,12,19-21,25,33-36H,3-4,7H2,(H,31,37)(H,32,38)/t12-,19-,20+,21-,25-/m1/s1. The number of nitrogens with one attached hydrogen (secondary N) is 2. The fraction of sp³-hybridized carbons (Fsp3) is 0.320. The van der Waals surface area contributed by atoms with E-state index in [0.717, 1.165) is 6.07 Å². The summed E-state index contributed by atoms with van der Waals surface area (Å²) in [6.07, 6.45) is -7.72. The Bertz CT molecular complexity index is 1550. The lowest BCUT2D eigenvalue weighted by atomic mass is 9.99. The Morgan fingerprint density at radius 3 is 2.05 bits per heavy atom. The molecule has 0 saturated carbocycles. The van der Waals surface area contributed by atoms with Gasteiger partial charge in [-0.1, -0.05) is 0 Å². The van der Waals surface area contributed by atoms with Gasteiger partial charge in [0, 0.05) is 24.5 Å². The number of aliphatic hydroxyl groups excluding tert-OH is 4. The van der Waals surface area contributed by atoms with Crippen molar-refractivity contribution in [3.05, 3.63) is 74.9 Å². The van der Waals surface area contributed by atoms with E-state index in [-0.39, 0.29) is 16.7 Å². The normalized spacial score (nSPS) is 22.2. The van der Waals surface area contributed by atoms with Gasteiger partial charge in [0.2, 0.25) is 12.1 Å². The highest BCUT2D eigenvalue weighted by Crippen LogP contribution is 2.27. The number of carbonyl (C=O) groups is 2. The summed E-state index contributed by atoms with van der Waals surface area (Å²) in [4.78, 5) is 36.8. The maximum absolute atomic E-state index is 13.8. The van der Waals surface area contributed by atoms with Crippen LogP contribution in [-0.2, 0) is 4.74 Å². The Labute approximate surface area is 230 Å². The first-order valence-electron chi connectivity index (χ1n) is 12.0. The van der Waals surface area contributed by atoms with Crippen LogP contribution in [0.25, 0.3) is 11.0 Å². The number of benzene rings is 2. The molecule has 42 heavy (non-hydrogen) atoms. The number of amides is 2. The Morgan fingerprint density at radius 2 is 1.43 bits per heavy atom. The zero-order valence-electron chi connectivity index (χ0n) is 20.9. The van der Waals surface area contributed by atoms with E-state index in [1.165, 1.54) is 18.2 Å². The lowest BCUT2D eigenvalue weighted by Crippen LogP contribution is -2.60. The number of ether oxygens (including phenoxy) is 2. The molecule has 12 nitrogen and oxygen atoms in total. The maximum atomic E-state index is 13.8. The summed E-state index contributed by atoms with van der Waals surface area (Å²) in [6.45, 7) is -1.63. The molecule has 1 aromatic heterocycles. The third kappa shape index (κ3) is 5.90. The highest BCUT2D eigenvalue weighted by atomic mass is 19.2. The van der Waals surface area contributed by atoms with Crippen molar-refractivity contribution < 1.29 is 65.9 Å². The summed E-state index contributed by atoms with van der Waals surface area (Å²) in [6, 6.07) is 5.04. The Balaban J connectivity index is 1.39. The number of fused-ring (bicyclic) bond motifs is 1. The van der Waals surface area contributed by atoms with Crippen molar-refractivity contribution in [3.8, 4) is 5.75 Å². The highest BCUT2D eigenvalue weighted by Gasteiger charge is 2.44. The molecule has 3 aromatic rings. The van der Waals surface area contributed by atoms with Crippen LogP contribution in [0.2, 0.25) is 0 Å². The number of carbonyl (C=O) groups excluding carboxylic acids is 2. The van der Waals surface area contributed by atoms with Gasteiger partial charge >= 0.3 is 5.63 Å². The quantitative estimate of drug-likeness (QED) is 0.0663. The molecule has 0 radical (unpaired) electrons. The fourth-order valence-electron chi connectivity index (χ4n) is 3.96. The van der Waals surface area contributed by atoms with Crippen LogP contribution in [0, 0.1) is 29.1 Å². The predicted molar refractivity (Wildman–Crippen MR) is 128 cm³/mol. The largest absolute Gasteiger partial charge is 0.462 e. The fourth-order valence-corrected chi connectivity index (χ4v) is 3.96. The smallest absolute Gasteiger partial charge is 0.349 e. The molecule has 6 N–H and O–H groups in total. The molecule has 2 heterocycles. The van der Waals surface area contributed by atoms with Crippen molar-refractivity contribution >= 4 is 22.8 Å². The summed E-state index contributed by atoms with van der Waals surface area (Å²) >= 11 is 0. The summed E-state index contributed by atoms with van der Waals surface area (Å²) in [7, 11) is 0. The third-order valence-corrected chi connectivity index (χ3v) is 6.19. The Morgan fingerprint density at radius 1 is 0.833 bits per heavy atom. The minimum atomic E-state index is -2.43. The average Bonchev–Trinajstić information content (AvgIpc) is 2.97. The summed E-state index contributed by atoms with van der Waals surface area (Å²) in [5.41, 5.74) is -3.39. The first kappa shape index (κ1) is 30.8. The molecule has 2 aromatic carbocycles. The molecular weight excluding hydrogens is 583 g/mol. The summed E-state index contributed by atoms with van der Waals surface area (Å²) < 4.78 is 83.1. The van der Waals surface area contributed by atoms with E-state index in [2.05, 4.69) is 5.32 Å². The van der Waals surface area contributed by atoms with Gasteiger partial charge in [0.15, 0.2) is 23.3 Å². The summed E-state index contributed by atoms with van der Waals surface area (Å²) in [5, 5.41) is 43.5. The van der Waals surface area contributed by atoms with Gasteiger partial charge in [-0.25, -0.2) is 26.7 Å². The van der Waals surface area contributed by atoms with Crippen LogP contribution < -0.4 is 21.0 Å². The number of rotatable bonds is 8. The van der Waals surface area contributed by atoms with Crippen molar-refractivity contribution in [2.45, 2.75) is 30.7 Å². The minimum Gasteiger partial charge on any atom is -0.462 e. The van der Waals surface area contributed by atoms with Crippen molar-refractivity contribution in [2.75, 3.05) is 19.7 Å². The minimum absolute atomic E-state index is 0.0169. The van der Waals surface area contributed by atoms with Crippen LogP contribution in [-0.4, -0.2) is 82.6 Å². The zero-order chi connectivity index (χ0) is 30.9. The van der Waals surface area contributed by atoms with E-state index < -0.39 is 108 Å². The van der Waals surface area contributed by atoms with E-state index >= 15 is 0 Å². The van der Waals surface area contributed by atoms with Gasteiger partial charge in [-0.2, -0.15) is 0 Å². The van der Waals surface area contributed by atoms with Crippen molar-refractivity contribution in [2.24, 2.45) is 0 Å². The van der Waals surface area contributed by atoms with Crippen molar-refractivity contribution in [1.29, 1.82) is 0 Å². The molecule has 1 aliphatic heterocycles. The van der Waals surface area contributed by atoms with Crippen LogP contribution in [0.15, 0.2) is 33.5 Å². The second kappa shape index (κ2) is 12.4. The molecule has 2 amide bonds. The van der Waals surface area contributed by atoms with Gasteiger partial charge in [0.05, 0.1) is 6.61 Å². The Hall–Kier alpha value is -4.16. The summed E-state index contributed by atoms with van der Waals surface area (Å²) in [5.74, 6) is -14.3. The number of hydrogen-bond donors (Lipinski definition) is 6. The molecule has 0 bridgehead atoms. The lowest BCUT2D eigenvalue weighted by Gasteiger charge is -2.39. The SMILES string of the molecule is O=C(NCCNC(=O)c1cc2ccc(O[C@@H]3O[C@H](CO)[C@@H](O)[C@H](O)[C@H]3O)cc2oc1=O)c1c(F)c(F)c(F)c(F)c1F. The number of hydrogen-bond acceptors (Lipinski definition) is 10. The average molecular weight is 604 g/mol. The monoisotopic (exact) mass is 604 g/mol. The second-order valence-corrected chi connectivity index (χ2v) is 8.92. The molecule has 5 atom stereocenters. The molecule has 0 aliphatic carbocycles. The molecule has 17 heteroatoms. The molecule has 1 aliphatic rings. The van der Waals surface area contributed by atoms with E-state index in [0.29, 0.717) is 0 Å². The van der Waals surface area contributed by atoms with Crippen molar-refractivity contribution in [1.82, 2.24) is 10.6 Å². The lowest BCUT2D eigenvalue weighted by molar-refractivity contribution is -0.277. The van der Waals surface area contributed by atoms with Gasteiger partial charge < -0.3 is 45.0 Å². The van der Waals surface area contributed by atoms with Gasteiger partial charge in [0.1, 0.15) is 46.9 Å². The van der Waals surface area contributed by atoms with Gasteiger partial charge in [0.25, 0.3) is 11.8 Å². The Kier molecular flexibility index (Phi) is 9.07. The van der Waals surface area contributed by atoms with Crippen LogP contribution in [0.5, 0.6) is 5.75 Å². The molecule has 4 rings (SSSR count). The number of aliphatic hydroxyl groups is 4. The first-order valence-corrected chi connectivity index (χ1v) is 12.0. The van der Waals surface area contributed by atoms with Gasteiger partial charge in [-0.3, -0.25) is 9.59 Å². The second-order valence-electron chi connectivity index (χ2n) is 8.92. The molecule has 0 spiro atoms. The van der Waals surface area contributed by atoms with Gasteiger partial charge in [-0.15, -0.1) is 0 Å². The number of halogens is 5. The molecule has 226 valence electrons. The van der Waals surface area contributed by atoms with Crippen LogP contribution >= 0.6 is 0 Å².